The van der Waals surface area contributed by atoms with Crippen molar-refractivity contribution in [3.63, 3.8) is 0 Å². The predicted molar refractivity (Wildman–Crippen MR) is 69.2 cm³/mol. The Labute approximate surface area is 109 Å². The molecular weight excluding hydrogens is 232 g/mol. The molecule has 1 aliphatic rings. The van der Waals surface area contributed by atoms with E-state index >= 15 is 0 Å². The van der Waals surface area contributed by atoms with Crippen LogP contribution in [0.25, 0.3) is 0 Å². The van der Waals surface area contributed by atoms with Gasteiger partial charge in [-0.05, 0) is 26.2 Å². The highest BCUT2D eigenvalue weighted by Crippen LogP contribution is 2.10. The lowest BCUT2D eigenvalue weighted by Crippen LogP contribution is -2.34. The van der Waals surface area contributed by atoms with Gasteiger partial charge in [-0.25, -0.2) is 0 Å². The first-order chi connectivity index (χ1) is 8.74. The van der Waals surface area contributed by atoms with E-state index in [4.69, 9.17) is 4.74 Å². The number of carbonyl (C=O) groups excluding carboxylic acids is 2. The maximum Gasteiger partial charge on any atom is 0.245 e. The maximum atomic E-state index is 11.7. The molecule has 5 heteroatoms. The number of amides is 2. The van der Waals surface area contributed by atoms with Crippen LogP contribution in [0.3, 0.4) is 0 Å². The first-order valence-electron chi connectivity index (χ1n) is 6.86. The molecule has 1 N–H and O–H groups in total. The molecule has 2 amide bonds. The highest BCUT2D eigenvalue weighted by atomic mass is 16.5. The van der Waals surface area contributed by atoms with Crippen LogP contribution < -0.4 is 5.32 Å². The van der Waals surface area contributed by atoms with Gasteiger partial charge in [0.25, 0.3) is 0 Å². The molecule has 5 nitrogen and oxygen atoms in total. The van der Waals surface area contributed by atoms with Gasteiger partial charge in [-0.1, -0.05) is 6.42 Å². The lowest BCUT2D eigenvalue weighted by molar-refractivity contribution is -0.130. The fourth-order valence-corrected chi connectivity index (χ4v) is 2.02. The largest absolute Gasteiger partial charge is 0.372 e. The van der Waals surface area contributed by atoms with E-state index < -0.39 is 0 Å². The van der Waals surface area contributed by atoms with Crippen molar-refractivity contribution in [3.05, 3.63) is 0 Å². The van der Waals surface area contributed by atoms with Crippen molar-refractivity contribution in [2.75, 3.05) is 32.8 Å². The van der Waals surface area contributed by atoms with Crippen molar-refractivity contribution in [1.29, 1.82) is 0 Å². The molecule has 0 aromatic rings. The predicted octanol–water partition coefficient (Wildman–Crippen LogP) is 0.932. The zero-order chi connectivity index (χ0) is 13.2. The van der Waals surface area contributed by atoms with Gasteiger partial charge < -0.3 is 15.0 Å². The fraction of sp³-hybridized carbons (Fsp3) is 0.846. The topological polar surface area (TPSA) is 58.6 Å². The summed E-state index contributed by atoms with van der Waals surface area (Å²) in [5.74, 6) is 0.173. The van der Waals surface area contributed by atoms with Crippen LogP contribution in [0.1, 0.15) is 39.0 Å². The SMILES string of the molecule is CCOCC(=O)NCCCN1CCCCCC1=O. The lowest BCUT2D eigenvalue weighted by Gasteiger charge is -2.20. The normalized spacial score (nSPS) is 16.5. The van der Waals surface area contributed by atoms with Crippen molar-refractivity contribution >= 4 is 11.8 Å². The fourth-order valence-electron chi connectivity index (χ4n) is 2.02. The molecule has 104 valence electrons. The van der Waals surface area contributed by atoms with Gasteiger partial charge in [0, 0.05) is 32.7 Å². The van der Waals surface area contributed by atoms with E-state index in [0.29, 0.717) is 19.6 Å². The molecule has 0 unspecified atom stereocenters. The Morgan fingerprint density at radius 2 is 2.22 bits per heavy atom. The molecule has 1 saturated heterocycles. The van der Waals surface area contributed by atoms with Crippen molar-refractivity contribution in [2.45, 2.75) is 39.0 Å². The smallest absolute Gasteiger partial charge is 0.245 e. The Morgan fingerprint density at radius 3 is 3.00 bits per heavy atom. The average Bonchev–Trinajstić information content (AvgIpc) is 2.57. The molecule has 18 heavy (non-hydrogen) atoms. The zero-order valence-corrected chi connectivity index (χ0v) is 11.2. The first kappa shape index (κ1) is 15.0. The van der Waals surface area contributed by atoms with E-state index in [9.17, 15) is 9.59 Å². The molecule has 0 atom stereocenters. The van der Waals surface area contributed by atoms with E-state index in [-0.39, 0.29) is 18.4 Å². The van der Waals surface area contributed by atoms with Gasteiger partial charge in [-0.3, -0.25) is 9.59 Å². The second kappa shape index (κ2) is 8.91. The number of nitrogens with zero attached hydrogens (tertiary/aromatic N) is 1. The number of hydrogen-bond donors (Lipinski definition) is 1. The third-order valence-corrected chi connectivity index (χ3v) is 3.04. The summed E-state index contributed by atoms with van der Waals surface area (Å²) >= 11 is 0. The summed E-state index contributed by atoms with van der Waals surface area (Å²) in [6.07, 6.45) is 4.75. The Balaban J connectivity index is 2.09. The molecule has 0 spiro atoms. The summed E-state index contributed by atoms with van der Waals surface area (Å²) in [5.41, 5.74) is 0. The van der Waals surface area contributed by atoms with Gasteiger partial charge in [0.2, 0.25) is 11.8 Å². The second-order valence-electron chi connectivity index (χ2n) is 4.53. The number of hydrogen-bond acceptors (Lipinski definition) is 3. The number of likely N-dealkylation sites (tertiary alicyclic amines) is 1. The molecule has 0 aromatic carbocycles. The molecular formula is C13H24N2O3. The molecule has 1 aliphatic heterocycles. The summed E-state index contributed by atoms with van der Waals surface area (Å²) in [7, 11) is 0. The van der Waals surface area contributed by atoms with Gasteiger partial charge in [-0.15, -0.1) is 0 Å². The molecule has 0 saturated carbocycles. The van der Waals surface area contributed by atoms with Gasteiger partial charge in [0.05, 0.1) is 0 Å². The van der Waals surface area contributed by atoms with Crippen LogP contribution in [0.5, 0.6) is 0 Å². The second-order valence-corrected chi connectivity index (χ2v) is 4.53. The van der Waals surface area contributed by atoms with Gasteiger partial charge in [-0.2, -0.15) is 0 Å². The van der Waals surface area contributed by atoms with Gasteiger partial charge in [0.15, 0.2) is 0 Å². The molecule has 1 fully saturated rings. The third-order valence-electron chi connectivity index (χ3n) is 3.04. The Kier molecular flexibility index (Phi) is 7.41. The standard InChI is InChI=1S/C13H24N2O3/c1-2-18-11-12(16)14-8-6-10-15-9-5-3-4-7-13(15)17/h2-11H2,1H3,(H,14,16). The van der Waals surface area contributed by atoms with Crippen LogP contribution in [0, 0.1) is 0 Å². The monoisotopic (exact) mass is 256 g/mol. The van der Waals surface area contributed by atoms with E-state index in [1.165, 1.54) is 0 Å². The first-order valence-corrected chi connectivity index (χ1v) is 6.86. The van der Waals surface area contributed by atoms with E-state index in [1.807, 2.05) is 11.8 Å². The highest BCUT2D eigenvalue weighted by Gasteiger charge is 2.15. The van der Waals surface area contributed by atoms with Crippen LogP contribution in [-0.2, 0) is 14.3 Å². The Bertz CT molecular complexity index is 269. The molecule has 0 aliphatic carbocycles. The minimum Gasteiger partial charge on any atom is -0.372 e. The quantitative estimate of drug-likeness (QED) is 0.689. The Morgan fingerprint density at radius 1 is 1.39 bits per heavy atom. The third kappa shape index (κ3) is 6.00. The zero-order valence-electron chi connectivity index (χ0n) is 11.2. The Hall–Kier alpha value is -1.10. The summed E-state index contributed by atoms with van der Waals surface area (Å²) in [5, 5.41) is 2.79. The summed E-state index contributed by atoms with van der Waals surface area (Å²) in [6, 6.07) is 0. The summed E-state index contributed by atoms with van der Waals surface area (Å²) in [4.78, 5) is 24.9. The van der Waals surface area contributed by atoms with Crippen molar-refractivity contribution in [3.8, 4) is 0 Å². The molecule has 0 radical (unpaired) electrons. The van der Waals surface area contributed by atoms with E-state index in [1.54, 1.807) is 0 Å². The maximum absolute atomic E-state index is 11.7. The van der Waals surface area contributed by atoms with Crippen LogP contribution in [0.2, 0.25) is 0 Å². The average molecular weight is 256 g/mol. The van der Waals surface area contributed by atoms with Crippen LogP contribution in [-0.4, -0.2) is 49.6 Å². The number of rotatable bonds is 7. The van der Waals surface area contributed by atoms with Gasteiger partial charge in [0.1, 0.15) is 6.61 Å². The van der Waals surface area contributed by atoms with Crippen molar-refractivity contribution < 1.29 is 14.3 Å². The lowest BCUT2D eigenvalue weighted by atomic mass is 10.2. The minimum absolute atomic E-state index is 0.0842. The minimum atomic E-state index is -0.0842. The molecule has 0 aromatic heterocycles. The highest BCUT2D eigenvalue weighted by molar-refractivity contribution is 5.77. The van der Waals surface area contributed by atoms with Crippen LogP contribution in [0.4, 0.5) is 0 Å². The summed E-state index contributed by atoms with van der Waals surface area (Å²) < 4.78 is 5.00. The van der Waals surface area contributed by atoms with Gasteiger partial charge >= 0.3 is 0 Å². The van der Waals surface area contributed by atoms with E-state index in [2.05, 4.69) is 5.32 Å². The number of carbonyl (C=O) groups is 2. The number of ether oxygens (including phenoxy) is 1. The molecule has 1 heterocycles. The summed E-state index contributed by atoms with van der Waals surface area (Å²) in [6.45, 7) is 4.75. The van der Waals surface area contributed by atoms with Crippen LogP contribution in [0.15, 0.2) is 0 Å². The van der Waals surface area contributed by atoms with E-state index in [0.717, 1.165) is 38.8 Å². The van der Waals surface area contributed by atoms with Crippen LogP contribution >= 0.6 is 0 Å². The van der Waals surface area contributed by atoms with Crippen molar-refractivity contribution in [2.24, 2.45) is 0 Å². The molecule has 1 rings (SSSR count). The number of nitrogens with one attached hydrogen (secondary N) is 1. The van der Waals surface area contributed by atoms with Crippen molar-refractivity contribution in [1.82, 2.24) is 10.2 Å². The molecule has 0 bridgehead atoms.